The Morgan fingerprint density at radius 2 is 1.19 bits per heavy atom. The summed E-state index contributed by atoms with van der Waals surface area (Å²) in [6.07, 6.45) is -10.6. The first kappa shape index (κ1) is 15.2. The second kappa shape index (κ2) is 4.98. The molecule has 0 aliphatic heterocycles. The molecule has 0 radical (unpaired) electrons. The molecule has 0 saturated carbocycles. The molecule has 0 unspecified atom stereocenters. The lowest BCUT2D eigenvalue weighted by atomic mass is 9.94. The van der Waals surface area contributed by atoms with E-state index in [4.69, 9.17) is 0 Å². The molecule has 1 N–H and O–H groups in total. The van der Waals surface area contributed by atoms with Gasteiger partial charge in [0.05, 0.1) is 5.56 Å². The van der Waals surface area contributed by atoms with Crippen molar-refractivity contribution in [2.75, 3.05) is 0 Å². The van der Waals surface area contributed by atoms with E-state index in [1.165, 1.54) is 30.3 Å². The molecule has 0 aliphatic carbocycles. The zero-order chi connectivity index (χ0) is 15.8. The van der Waals surface area contributed by atoms with E-state index in [-0.39, 0.29) is 5.56 Å². The number of hydrogen-bond donors (Lipinski definition) is 1. The maximum absolute atomic E-state index is 13.1. The highest BCUT2D eigenvalue weighted by atomic mass is 19.4. The molecule has 2 rings (SSSR count). The lowest BCUT2D eigenvalue weighted by Gasteiger charge is -2.20. The number of rotatable bonds is 1. The second-order valence-electron chi connectivity index (χ2n) is 4.24. The SMILES string of the molecule is Oc1ccc(-c2ccccc2)c(C(F)(F)F)c1C(F)(F)F. The average molecular weight is 306 g/mol. The predicted octanol–water partition coefficient (Wildman–Crippen LogP) is 5.10. The van der Waals surface area contributed by atoms with E-state index < -0.39 is 34.8 Å². The summed E-state index contributed by atoms with van der Waals surface area (Å²) in [6, 6.07) is 8.32. The van der Waals surface area contributed by atoms with E-state index in [1.54, 1.807) is 0 Å². The Balaban J connectivity index is 2.85. The normalized spacial score (nSPS) is 12.5. The first-order chi connectivity index (χ1) is 9.62. The van der Waals surface area contributed by atoms with Gasteiger partial charge in [-0.15, -0.1) is 0 Å². The van der Waals surface area contributed by atoms with Crippen LogP contribution in [0.25, 0.3) is 11.1 Å². The summed E-state index contributed by atoms with van der Waals surface area (Å²) in [5.74, 6) is -1.45. The molecule has 0 heterocycles. The van der Waals surface area contributed by atoms with E-state index >= 15 is 0 Å². The summed E-state index contributed by atoms with van der Waals surface area (Å²) in [6.45, 7) is 0. The summed E-state index contributed by atoms with van der Waals surface area (Å²) >= 11 is 0. The van der Waals surface area contributed by atoms with Crippen LogP contribution in [0.15, 0.2) is 42.5 Å². The Labute approximate surface area is 115 Å². The van der Waals surface area contributed by atoms with Crippen molar-refractivity contribution in [3.8, 4) is 16.9 Å². The highest BCUT2D eigenvalue weighted by Crippen LogP contribution is 2.48. The van der Waals surface area contributed by atoms with Crippen LogP contribution in [0, 0.1) is 0 Å². The van der Waals surface area contributed by atoms with E-state index in [2.05, 4.69) is 0 Å². The summed E-state index contributed by atoms with van der Waals surface area (Å²) in [4.78, 5) is 0. The Hall–Kier alpha value is -2.18. The van der Waals surface area contributed by atoms with E-state index in [0.717, 1.165) is 6.07 Å². The molecule has 0 aromatic heterocycles. The third-order valence-electron chi connectivity index (χ3n) is 2.84. The van der Waals surface area contributed by atoms with Gasteiger partial charge in [-0.2, -0.15) is 26.3 Å². The standard InChI is InChI=1S/C14H8F6O/c15-13(16,17)11-9(8-4-2-1-3-5-8)6-7-10(21)12(11)14(18,19)20/h1-7,21H. The molecule has 0 bridgehead atoms. The third-order valence-corrected chi connectivity index (χ3v) is 2.84. The van der Waals surface area contributed by atoms with Crippen LogP contribution < -0.4 is 0 Å². The van der Waals surface area contributed by atoms with Crippen LogP contribution >= 0.6 is 0 Å². The molecule has 0 atom stereocenters. The minimum absolute atomic E-state index is 0.0182. The van der Waals surface area contributed by atoms with Crippen molar-refractivity contribution in [2.24, 2.45) is 0 Å². The second-order valence-corrected chi connectivity index (χ2v) is 4.24. The number of hydrogen-bond acceptors (Lipinski definition) is 1. The van der Waals surface area contributed by atoms with Gasteiger partial charge in [0.25, 0.3) is 0 Å². The molecular weight excluding hydrogens is 298 g/mol. The molecule has 0 aliphatic rings. The zero-order valence-corrected chi connectivity index (χ0v) is 10.3. The van der Waals surface area contributed by atoms with Crippen LogP contribution in [0.4, 0.5) is 26.3 Å². The van der Waals surface area contributed by atoms with Gasteiger partial charge < -0.3 is 5.11 Å². The molecule has 0 spiro atoms. The lowest BCUT2D eigenvalue weighted by molar-refractivity contribution is -0.162. The number of aromatic hydroxyl groups is 1. The van der Waals surface area contributed by atoms with Crippen molar-refractivity contribution in [2.45, 2.75) is 12.4 Å². The zero-order valence-electron chi connectivity index (χ0n) is 10.3. The Bertz CT molecular complexity index is 643. The number of phenolic OH excluding ortho intramolecular Hbond substituents is 1. The van der Waals surface area contributed by atoms with Gasteiger partial charge in [-0.3, -0.25) is 0 Å². The molecule has 0 saturated heterocycles. The van der Waals surface area contributed by atoms with Crippen molar-refractivity contribution >= 4 is 0 Å². The van der Waals surface area contributed by atoms with Crippen LogP contribution in [-0.4, -0.2) is 5.11 Å². The highest BCUT2D eigenvalue weighted by Gasteiger charge is 2.47. The van der Waals surface area contributed by atoms with Crippen LogP contribution in [-0.2, 0) is 12.4 Å². The van der Waals surface area contributed by atoms with Crippen LogP contribution in [0.3, 0.4) is 0 Å². The van der Waals surface area contributed by atoms with Gasteiger partial charge in [-0.05, 0) is 17.2 Å². The van der Waals surface area contributed by atoms with Crippen molar-refractivity contribution in [1.29, 1.82) is 0 Å². The molecule has 112 valence electrons. The van der Waals surface area contributed by atoms with Gasteiger partial charge in [0.15, 0.2) is 0 Å². The fourth-order valence-corrected chi connectivity index (χ4v) is 2.03. The largest absolute Gasteiger partial charge is 0.507 e. The highest BCUT2D eigenvalue weighted by molar-refractivity contribution is 5.71. The van der Waals surface area contributed by atoms with Crippen LogP contribution in [0.5, 0.6) is 5.75 Å². The molecule has 2 aromatic rings. The van der Waals surface area contributed by atoms with E-state index in [1.807, 2.05) is 0 Å². The summed E-state index contributed by atoms with van der Waals surface area (Å²) in [5.41, 5.74) is -4.61. The number of phenols is 1. The molecule has 21 heavy (non-hydrogen) atoms. The summed E-state index contributed by atoms with van der Waals surface area (Å²) in [7, 11) is 0. The topological polar surface area (TPSA) is 20.2 Å². The Morgan fingerprint density at radius 1 is 0.667 bits per heavy atom. The minimum Gasteiger partial charge on any atom is -0.507 e. The average Bonchev–Trinajstić information content (AvgIpc) is 2.37. The van der Waals surface area contributed by atoms with Crippen molar-refractivity contribution in [3.63, 3.8) is 0 Å². The number of benzene rings is 2. The summed E-state index contributed by atoms with van der Waals surface area (Å²) < 4.78 is 77.9. The van der Waals surface area contributed by atoms with Crippen LogP contribution in [0.2, 0.25) is 0 Å². The lowest BCUT2D eigenvalue weighted by Crippen LogP contribution is -2.18. The Morgan fingerprint density at radius 3 is 1.67 bits per heavy atom. The fraction of sp³-hybridized carbons (Fsp3) is 0.143. The Kier molecular flexibility index (Phi) is 3.61. The maximum atomic E-state index is 13.1. The van der Waals surface area contributed by atoms with Crippen LogP contribution in [0.1, 0.15) is 11.1 Å². The van der Waals surface area contributed by atoms with E-state index in [0.29, 0.717) is 6.07 Å². The van der Waals surface area contributed by atoms with Gasteiger partial charge in [0.2, 0.25) is 0 Å². The maximum Gasteiger partial charge on any atom is 0.420 e. The molecule has 7 heteroatoms. The van der Waals surface area contributed by atoms with Gasteiger partial charge >= 0.3 is 12.4 Å². The van der Waals surface area contributed by atoms with Gasteiger partial charge in [-0.1, -0.05) is 36.4 Å². The summed E-state index contributed by atoms with van der Waals surface area (Å²) in [5, 5.41) is 9.24. The van der Waals surface area contributed by atoms with Crippen molar-refractivity contribution in [1.82, 2.24) is 0 Å². The van der Waals surface area contributed by atoms with Gasteiger partial charge in [-0.25, -0.2) is 0 Å². The molecule has 0 fully saturated rings. The number of alkyl halides is 6. The monoisotopic (exact) mass is 306 g/mol. The molecule has 0 amide bonds. The molecule has 2 aromatic carbocycles. The third kappa shape index (κ3) is 2.96. The minimum atomic E-state index is -5.32. The van der Waals surface area contributed by atoms with Gasteiger partial charge in [0.1, 0.15) is 11.3 Å². The number of halogens is 6. The molecular formula is C14H8F6O. The first-order valence-corrected chi connectivity index (χ1v) is 5.68. The smallest absolute Gasteiger partial charge is 0.420 e. The van der Waals surface area contributed by atoms with E-state index in [9.17, 15) is 31.4 Å². The van der Waals surface area contributed by atoms with Gasteiger partial charge in [0, 0.05) is 0 Å². The van der Waals surface area contributed by atoms with Crippen molar-refractivity contribution < 1.29 is 31.4 Å². The van der Waals surface area contributed by atoms with Crippen molar-refractivity contribution in [3.05, 3.63) is 53.6 Å². The predicted molar refractivity (Wildman–Crippen MR) is 63.5 cm³/mol. The quantitative estimate of drug-likeness (QED) is 0.727. The first-order valence-electron chi connectivity index (χ1n) is 5.68. The fourth-order valence-electron chi connectivity index (χ4n) is 2.03. The molecule has 1 nitrogen and oxygen atoms in total.